The summed E-state index contributed by atoms with van der Waals surface area (Å²) < 4.78 is 10.9. The summed E-state index contributed by atoms with van der Waals surface area (Å²) in [6.07, 6.45) is 1.56. The molecule has 0 radical (unpaired) electrons. The average Bonchev–Trinajstić information content (AvgIpc) is 2.66. The number of para-hydroxylation sites is 1. The Labute approximate surface area is 151 Å². The van der Waals surface area contributed by atoms with Crippen LogP contribution in [0.15, 0.2) is 42.5 Å². The minimum Gasteiger partial charge on any atom is -0.493 e. The van der Waals surface area contributed by atoms with E-state index in [-0.39, 0.29) is 11.9 Å². The molecule has 136 valence electrons. The first-order valence-electron chi connectivity index (χ1n) is 8.58. The Morgan fingerprint density at radius 1 is 1.27 bits per heavy atom. The number of carbonyl (C=O) groups excluding carboxylic acids is 1. The normalized spacial score (nSPS) is 15.5. The highest BCUT2D eigenvalue weighted by molar-refractivity contribution is 5.95. The molecule has 0 aliphatic carbocycles. The van der Waals surface area contributed by atoms with Gasteiger partial charge in [-0.25, -0.2) is 4.79 Å². The predicted molar refractivity (Wildman–Crippen MR) is 95.7 cm³/mol. The molecule has 26 heavy (non-hydrogen) atoms. The molecule has 0 saturated heterocycles. The highest BCUT2D eigenvalue weighted by atomic mass is 16.5. The molecule has 6 nitrogen and oxygen atoms in total. The van der Waals surface area contributed by atoms with Gasteiger partial charge in [0.05, 0.1) is 12.6 Å². The molecule has 2 N–H and O–H groups in total. The van der Waals surface area contributed by atoms with Crippen LogP contribution in [0, 0.1) is 0 Å². The van der Waals surface area contributed by atoms with E-state index in [1.165, 1.54) is 0 Å². The van der Waals surface area contributed by atoms with Crippen molar-refractivity contribution in [3.05, 3.63) is 59.2 Å². The standard InChI is InChI=1S/C20H21NO5/c1-2-13-5-4-8-16-17(9-10-25-19(13)16)21-20(24)14-6-3-7-15(11-14)26-12-18(22)23/h3-8,11,17H,2,9-10,12H2,1H3,(H,21,24)(H,22,23). The molecule has 1 heterocycles. The van der Waals surface area contributed by atoms with Crippen LogP contribution in [-0.4, -0.2) is 30.2 Å². The van der Waals surface area contributed by atoms with Gasteiger partial charge in [-0.3, -0.25) is 4.79 Å². The molecule has 1 aliphatic rings. The van der Waals surface area contributed by atoms with Crippen LogP contribution in [0.1, 0.15) is 40.9 Å². The topological polar surface area (TPSA) is 84.9 Å². The van der Waals surface area contributed by atoms with Crippen molar-refractivity contribution in [3.8, 4) is 11.5 Å². The Hall–Kier alpha value is -3.02. The zero-order valence-electron chi connectivity index (χ0n) is 14.5. The van der Waals surface area contributed by atoms with Crippen molar-refractivity contribution in [1.82, 2.24) is 5.32 Å². The maximum atomic E-state index is 12.6. The Morgan fingerprint density at radius 2 is 2.08 bits per heavy atom. The monoisotopic (exact) mass is 355 g/mol. The van der Waals surface area contributed by atoms with Gasteiger partial charge in [-0.2, -0.15) is 0 Å². The maximum absolute atomic E-state index is 12.6. The maximum Gasteiger partial charge on any atom is 0.341 e. The Kier molecular flexibility index (Phi) is 5.41. The third-order valence-corrected chi connectivity index (χ3v) is 4.30. The lowest BCUT2D eigenvalue weighted by molar-refractivity contribution is -0.139. The fourth-order valence-corrected chi connectivity index (χ4v) is 3.03. The van der Waals surface area contributed by atoms with E-state index in [1.807, 2.05) is 18.2 Å². The predicted octanol–water partition coefficient (Wildman–Crippen LogP) is 2.97. The van der Waals surface area contributed by atoms with Crippen molar-refractivity contribution in [2.24, 2.45) is 0 Å². The molecule has 1 atom stereocenters. The van der Waals surface area contributed by atoms with Gasteiger partial charge in [-0.15, -0.1) is 0 Å². The Morgan fingerprint density at radius 3 is 2.85 bits per heavy atom. The van der Waals surface area contributed by atoms with E-state index in [1.54, 1.807) is 24.3 Å². The lowest BCUT2D eigenvalue weighted by Gasteiger charge is -2.28. The van der Waals surface area contributed by atoms with Crippen molar-refractivity contribution in [3.63, 3.8) is 0 Å². The molecule has 2 aromatic carbocycles. The van der Waals surface area contributed by atoms with Gasteiger partial charge in [-0.1, -0.05) is 31.2 Å². The number of carbonyl (C=O) groups is 2. The fourth-order valence-electron chi connectivity index (χ4n) is 3.03. The van der Waals surface area contributed by atoms with Gasteiger partial charge in [0.2, 0.25) is 0 Å². The van der Waals surface area contributed by atoms with E-state index in [2.05, 4.69) is 12.2 Å². The van der Waals surface area contributed by atoms with E-state index < -0.39 is 12.6 Å². The zero-order chi connectivity index (χ0) is 18.5. The van der Waals surface area contributed by atoms with Gasteiger partial charge in [0.25, 0.3) is 5.91 Å². The van der Waals surface area contributed by atoms with Gasteiger partial charge in [-0.05, 0) is 30.2 Å². The molecule has 0 bridgehead atoms. The Balaban J connectivity index is 1.75. The van der Waals surface area contributed by atoms with Gasteiger partial charge >= 0.3 is 5.97 Å². The van der Waals surface area contributed by atoms with Gasteiger partial charge in [0, 0.05) is 17.5 Å². The van der Waals surface area contributed by atoms with E-state index >= 15 is 0 Å². The molecule has 0 saturated carbocycles. The van der Waals surface area contributed by atoms with Gasteiger partial charge < -0.3 is 19.9 Å². The number of amides is 1. The van der Waals surface area contributed by atoms with Crippen molar-refractivity contribution in [1.29, 1.82) is 0 Å². The molecule has 3 rings (SSSR count). The van der Waals surface area contributed by atoms with Gasteiger partial charge in [0.1, 0.15) is 11.5 Å². The molecular formula is C20H21NO5. The minimum atomic E-state index is -1.06. The number of hydrogen-bond acceptors (Lipinski definition) is 4. The fraction of sp³-hybridized carbons (Fsp3) is 0.300. The van der Waals surface area contributed by atoms with Crippen molar-refractivity contribution in [2.75, 3.05) is 13.2 Å². The second kappa shape index (κ2) is 7.91. The van der Waals surface area contributed by atoms with Crippen molar-refractivity contribution < 1.29 is 24.2 Å². The van der Waals surface area contributed by atoms with E-state index in [4.69, 9.17) is 14.6 Å². The van der Waals surface area contributed by atoms with Crippen LogP contribution in [0.4, 0.5) is 0 Å². The first-order chi connectivity index (χ1) is 12.6. The van der Waals surface area contributed by atoms with E-state index in [0.29, 0.717) is 24.3 Å². The SMILES string of the molecule is CCc1cccc2c1OCCC2NC(=O)c1cccc(OCC(=O)O)c1. The highest BCUT2D eigenvalue weighted by Gasteiger charge is 2.25. The van der Waals surface area contributed by atoms with Crippen LogP contribution in [0.2, 0.25) is 0 Å². The second-order valence-electron chi connectivity index (χ2n) is 6.06. The number of rotatable bonds is 6. The number of fused-ring (bicyclic) bond motifs is 1. The number of ether oxygens (including phenoxy) is 2. The second-order valence-corrected chi connectivity index (χ2v) is 6.06. The number of aryl methyl sites for hydroxylation is 1. The van der Waals surface area contributed by atoms with E-state index in [9.17, 15) is 9.59 Å². The minimum absolute atomic E-state index is 0.124. The highest BCUT2D eigenvalue weighted by Crippen LogP contribution is 2.35. The summed E-state index contributed by atoms with van der Waals surface area (Å²) in [4.78, 5) is 23.3. The van der Waals surface area contributed by atoms with Crippen LogP contribution < -0.4 is 14.8 Å². The van der Waals surface area contributed by atoms with Crippen LogP contribution >= 0.6 is 0 Å². The van der Waals surface area contributed by atoms with Crippen molar-refractivity contribution >= 4 is 11.9 Å². The number of carboxylic acid groups (broad SMARTS) is 1. The number of hydrogen-bond donors (Lipinski definition) is 2. The summed E-state index contributed by atoms with van der Waals surface area (Å²) in [6.45, 7) is 2.18. The summed E-state index contributed by atoms with van der Waals surface area (Å²) in [5.41, 5.74) is 2.54. The lowest BCUT2D eigenvalue weighted by Crippen LogP contribution is -2.32. The molecule has 1 aliphatic heterocycles. The number of aliphatic carboxylic acids is 1. The molecule has 0 spiro atoms. The summed E-state index contributed by atoms with van der Waals surface area (Å²) in [5.74, 6) is -0.0817. The first kappa shape index (κ1) is 17.8. The van der Waals surface area contributed by atoms with Crippen LogP contribution in [0.5, 0.6) is 11.5 Å². The largest absolute Gasteiger partial charge is 0.493 e. The smallest absolute Gasteiger partial charge is 0.341 e. The molecule has 1 amide bonds. The van der Waals surface area contributed by atoms with E-state index in [0.717, 1.165) is 23.3 Å². The molecular weight excluding hydrogens is 334 g/mol. The van der Waals surface area contributed by atoms with Crippen LogP contribution in [-0.2, 0) is 11.2 Å². The molecule has 0 aromatic heterocycles. The summed E-state index contributed by atoms with van der Waals surface area (Å²) in [6, 6.07) is 12.4. The third-order valence-electron chi connectivity index (χ3n) is 4.30. The lowest BCUT2D eigenvalue weighted by atomic mass is 9.96. The number of benzene rings is 2. The molecule has 6 heteroatoms. The van der Waals surface area contributed by atoms with Crippen LogP contribution in [0.3, 0.4) is 0 Å². The zero-order valence-corrected chi connectivity index (χ0v) is 14.5. The first-order valence-corrected chi connectivity index (χ1v) is 8.58. The average molecular weight is 355 g/mol. The summed E-state index contributed by atoms with van der Waals surface area (Å²) >= 11 is 0. The van der Waals surface area contributed by atoms with Gasteiger partial charge in [0.15, 0.2) is 6.61 Å². The number of nitrogens with one attached hydrogen (secondary N) is 1. The van der Waals surface area contributed by atoms with Crippen LogP contribution in [0.25, 0.3) is 0 Å². The summed E-state index contributed by atoms with van der Waals surface area (Å²) in [5, 5.41) is 11.7. The Bertz CT molecular complexity index is 818. The quantitative estimate of drug-likeness (QED) is 0.832. The molecule has 1 unspecified atom stereocenters. The third kappa shape index (κ3) is 3.96. The molecule has 2 aromatic rings. The number of carboxylic acids is 1. The summed E-state index contributed by atoms with van der Waals surface area (Å²) in [7, 11) is 0. The van der Waals surface area contributed by atoms with Crippen molar-refractivity contribution in [2.45, 2.75) is 25.8 Å². The molecule has 0 fully saturated rings.